The van der Waals surface area contributed by atoms with Crippen LogP contribution in [0, 0.1) is 19.9 Å². The van der Waals surface area contributed by atoms with Crippen LogP contribution in [0.15, 0.2) is 96.9 Å². The monoisotopic (exact) mass is 1230 g/mol. The summed E-state index contributed by atoms with van der Waals surface area (Å²) in [6.45, 7) is 16.9. The second kappa shape index (κ2) is 38.0. The Morgan fingerprint density at radius 1 is 0.750 bits per heavy atom. The van der Waals surface area contributed by atoms with E-state index >= 15 is 0 Å². The van der Waals surface area contributed by atoms with Crippen molar-refractivity contribution in [1.29, 1.82) is 0 Å². The molecule has 1 atom stereocenters. The van der Waals surface area contributed by atoms with Crippen molar-refractivity contribution in [2.75, 3.05) is 65.7 Å². The van der Waals surface area contributed by atoms with Crippen molar-refractivity contribution in [3.63, 3.8) is 0 Å². The number of aromatic nitrogens is 1. The van der Waals surface area contributed by atoms with Gasteiger partial charge in [0.25, 0.3) is 6.47 Å². The second-order valence-electron chi connectivity index (χ2n) is 20.7. The molecule has 14 heteroatoms. The first-order valence-corrected chi connectivity index (χ1v) is 27.4. The Balaban J connectivity index is 0.000000489. The smallest absolute Gasteiger partial charge is 0.293 e. The number of pyridine rings is 1. The summed E-state index contributed by atoms with van der Waals surface area (Å²) in [5.41, 5.74) is 9.84. The third-order valence-electron chi connectivity index (χ3n) is 13.6. The molecule has 1 aliphatic carbocycles. The average molecular weight is 1230 g/mol. The number of nitrogens with zero attached hydrogens (tertiary/aromatic N) is 3. The number of ether oxygens (including phenoxy) is 1. The predicted molar refractivity (Wildman–Crippen MR) is 301 cm³/mol. The van der Waals surface area contributed by atoms with Crippen LogP contribution in [0.2, 0.25) is 0 Å². The molecule has 13 nitrogen and oxygen atoms in total. The van der Waals surface area contributed by atoms with Gasteiger partial charge < -0.3 is 40.6 Å². The number of hydrogen-bond donors (Lipinski definition) is 6. The zero-order chi connectivity index (χ0) is 54.9. The van der Waals surface area contributed by atoms with Gasteiger partial charge in [-0.1, -0.05) is 98.2 Å². The minimum Gasteiger partial charge on any atom is -0.512 e. The standard InChI is InChI=1S/C36H56N2O5.C15H27NO4.C11H8N.Ir/c1-30-11-13-32-33-14-12-31(2)28-35(33)36(34(32)27-30,15-7-3-5-9-17-37(19-23-39)20-24-40)16-8-4-6-10-18-38(21-25-41)22-26-43-29-42;1-11(6-5-9-15(3,4)20)16-14(19)8-7-13(18)10-12(2)17;1-2-6-10(7-3-1)11-8-4-5-9-12-11;/h11-14,27-29,39-41H,3-10,15-26H2,1-2H3;10-11,17,20H,5-9H2,1-4H3,(H,16,19);1-6,8-9H;/q;;-1;. The van der Waals surface area contributed by atoms with Crippen LogP contribution in [-0.4, -0.2) is 136 Å². The third kappa shape index (κ3) is 26.1. The van der Waals surface area contributed by atoms with E-state index in [0.29, 0.717) is 45.7 Å². The zero-order valence-electron chi connectivity index (χ0n) is 46.5. The minimum atomic E-state index is -0.676. The fourth-order valence-corrected chi connectivity index (χ4v) is 9.82. The largest absolute Gasteiger partial charge is 0.512 e. The number of rotatable bonds is 34. The topological polar surface area (TPSA) is 193 Å². The van der Waals surface area contributed by atoms with Gasteiger partial charge in [0.1, 0.15) is 6.61 Å². The summed E-state index contributed by atoms with van der Waals surface area (Å²) in [5.74, 6) is -0.469. The van der Waals surface area contributed by atoms with Gasteiger partial charge in [0.15, 0.2) is 5.78 Å². The number of amides is 1. The fraction of sp³-hybridized carbons (Fsp3) is 0.548. The fourth-order valence-electron chi connectivity index (χ4n) is 9.82. The Morgan fingerprint density at radius 2 is 1.30 bits per heavy atom. The summed E-state index contributed by atoms with van der Waals surface area (Å²) in [7, 11) is 0. The van der Waals surface area contributed by atoms with Gasteiger partial charge in [-0.25, -0.2) is 0 Å². The van der Waals surface area contributed by atoms with Crippen LogP contribution in [0.25, 0.3) is 22.4 Å². The number of benzene rings is 3. The molecule has 6 N–H and O–H groups in total. The van der Waals surface area contributed by atoms with Gasteiger partial charge >= 0.3 is 0 Å². The van der Waals surface area contributed by atoms with E-state index < -0.39 is 5.60 Å². The molecule has 5 rings (SSSR count). The summed E-state index contributed by atoms with van der Waals surface area (Å²) in [6.07, 6.45) is 16.9. The molecule has 1 aliphatic rings. The molecule has 0 fully saturated rings. The number of hydrogen-bond acceptors (Lipinski definition) is 12. The van der Waals surface area contributed by atoms with E-state index in [0.717, 1.165) is 81.8 Å². The van der Waals surface area contributed by atoms with Crippen molar-refractivity contribution in [1.82, 2.24) is 20.1 Å². The van der Waals surface area contributed by atoms with Crippen LogP contribution in [0.3, 0.4) is 0 Å². The first-order chi connectivity index (χ1) is 36.0. The predicted octanol–water partition coefficient (Wildman–Crippen LogP) is 10.0. The van der Waals surface area contributed by atoms with Crippen molar-refractivity contribution < 1.29 is 64.8 Å². The van der Waals surface area contributed by atoms with Crippen molar-refractivity contribution in [2.24, 2.45) is 0 Å². The van der Waals surface area contributed by atoms with Crippen LogP contribution in [0.4, 0.5) is 0 Å². The molecule has 1 aromatic heterocycles. The van der Waals surface area contributed by atoms with Crippen molar-refractivity contribution in [2.45, 2.75) is 155 Å². The van der Waals surface area contributed by atoms with Gasteiger partial charge in [-0.05, 0) is 134 Å². The summed E-state index contributed by atoms with van der Waals surface area (Å²) < 4.78 is 4.86. The van der Waals surface area contributed by atoms with E-state index in [-0.39, 0.29) is 81.7 Å². The maximum atomic E-state index is 11.6. The third-order valence-corrected chi connectivity index (χ3v) is 13.6. The number of unbranched alkanes of at least 4 members (excludes halogenated alkanes) is 6. The molecule has 76 heavy (non-hydrogen) atoms. The van der Waals surface area contributed by atoms with Gasteiger partial charge in [0.2, 0.25) is 5.91 Å². The quantitative estimate of drug-likeness (QED) is 0.00854. The van der Waals surface area contributed by atoms with Gasteiger partial charge in [-0.3, -0.25) is 24.2 Å². The van der Waals surface area contributed by atoms with Crippen LogP contribution >= 0.6 is 0 Å². The molecule has 0 bridgehead atoms. The molecule has 3 aromatic carbocycles. The Labute approximate surface area is 468 Å². The molecule has 0 saturated carbocycles. The normalized spacial score (nSPS) is 12.8. The molecule has 0 aliphatic heterocycles. The van der Waals surface area contributed by atoms with E-state index in [1.54, 1.807) is 20.0 Å². The van der Waals surface area contributed by atoms with Crippen LogP contribution < -0.4 is 5.32 Å². The molecule has 1 amide bonds. The Hall–Kier alpha value is -4.63. The second-order valence-corrected chi connectivity index (χ2v) is 20.7. The first kappa shape index (κ1) is 67.5. The molecule has 423 valence electrons. The van der Waals surface area contributed by atoms with E-state index in [1.807, 2.05) is 49.4 Å². The number of aliphatic hydroxyl groups is 5. The number of ketones is 1. The number of carbonyl (C=O) groups is 3. The number of fused-ring (bicyclic) bond motifs is 3. The van der Waals surface area contributed by atoms with Crippen molar-refractivity contribution in [3.8, 4) is 22.4 Å². The van der Waals surface area contributed by atoms with Gasteiger partial charge in [-0.15, -0.1) is 35.9 Å². The number of carbonyl (C=O) groups excluding carboxylic acids is 3. The summed E-state index contributed by atoms with van der Waals surface area (Å²) in [5, 5.41) is 49.3. The average Bonchev–Trinajstić information content (AvgIpc) is 3.63. The number of aryl methyl sites for hydroxylation is 2. The molecule has 0 spiro atoms. The van der Waals surface area contributed by atoms with Gasteiger partial charge in [0.05, 0.1) is 31.2 Å². The zero-order valence-corrected chi connectivity index (χ0v) is 48.9. The summed E-state index contributed by atoms with van der Waals surface area (Å²) in [4.78, 5) is 41.9. The van der Waals surface area contributed by atoms with E-state index in [1.165, 1.54) is 66.0 Å². The molecular formula is C62H91IrN4O9-. The molecule has 1 unspecified atom stereocenters. The van der Waals surface area contributed by atoms with Gasteiger partial charge in [0, 0.05) is 82.9 Å². The SMILES string of the molecule is CC(O)=CC(=O)CCC(=O)NC(C)CCCC(C)(C)O.Cc1ccc2c(c1)C(CCCCCCN(CCO)CCO)(CCCCCCN(CCO)CCOC=O)c1cc(C)ccc1-2.[Ir].[c-]1ccccc1-c1ccccn1. The van der Waals surface area contributed by atoms with Crippen LogP contribution in [-0.2, 0) is 44.6 Å². The van der Waals surface area contributed by atoms with Gasteiger partial charge in [-0.2, -0.15) is 0 Å². The Bertz CT molecular complexity index is 2160. The van der Waals surface area contributed by atoms with Crippen LogP contribution in [0.1, 0.15) is 146 Å². The number of aliphatic hydroxyl groups excluding tert-OH is 4. The van der Waals surface area contributed by atoms with E-state index in [4.69, 9.17) is 9.84 Å². The maximum Gasteiger partial charge on any atom is 0.293 e. The first-order valence-electron chi connectivity index (χ1n) is 27.4. The molecule has 0 saturated heterocycles. The molecule has 1 radical (unpaired) electrons. The van der Waals surface area contributed by atoms with Crippen LogP contribution in [0.5, 0.6) is 0 Å². The molecular weight excluding hydrogens is 1140 g/mol. The number of nitrogens with one attached hydrogen (secondary N) is 1. The van der Waals surface area contributed by atoms with Crippen molar-refractivity contribution >= 4 is 18.2 Å². The summed E-state index contributed by atoms with van der Waals surface area (Å²) in [6, 6.07) is 30.9. The molecule has 4 aromatic rings. The number of allylic oxidation sites excluding steroid dienone is 2. The van der Waals surface area contributed by atoms with Crippen molar-refractivity contribution in [3.05, 3.63) is 125 Å². The Morgan fingerprint density at radius 3 is 1.79 bits per heavy atom. The van der Waals surface area contributed by atoms with E-state index in [9.17, 15) is 34.8 Å². The molecule has 1 heterocycles. The minimum absolute atomic E-state index is 0. The maximum absolute atomic E-state index is 11.6. The Kier molecular flexibility index (Phi) is 33.8. The van der Waals surface area contributed by atoms with E-state index in [2.05, 4.69) is 76.4 Å². The summed E-state index contributed by atoms with van der Waals surface area (Å²) >= 11 is 0.